The van der Waals surface area contributed by atoms with E-state index in [-0.39, 0.29) is 11.9 Å². The highest BCUT2D eigenvalue weighted by atomic mass is 16.5. The Balaban J connectivity index is 1.82. The third kappa shape index (κ3) is 2.68. The molecule has 0 bridgehead atoms. The van der Waals surface area contributed by atoms with Crippen LogP contribution in [0.15, 0.2) is 24.5 Å². The van der Waals surface area contributed by atoms with Crippen LogP contribution in [0.5, 0.6) is 0 Å². The molecule has 2 rings (SSSR count). The van der Waals surface area contributed by atoms with E-state index in [0.29, 0.717) is 19.8 Å². The van der Waals surface area contributed by atoms with Gasteiger partial charge in [-0.3, -0.25) is 9.78 Å². The van der Waals surface area contributed by atoms with Gasteiger partial charge in [0.25, 0.3) is 0 Å². The molecular formula is C13H19N3O2. The lowest BCUT2D eigenvalue weighted by molar-refractivity contribution is -0.130. The number of aromatic nitrogens is 1. The van der Waals surface area contributed by atoms with Gasteiger partial charge in [-0.15, -0.1) is 0 Å². The van der Waals surface area contributed by atoms with Gasteiger partial charge in [0, 0.05) is 25.0 Å². The zero-order valence-corrected chi connectivity index (χ0v) is 10.6. The van der Waals surface area contributed by atoms with Crippen molar-refractivity contribution in [2.24, 2.45) is 11.1 Å². The van der Waals surface area contributed by atoms with Gasteiger partial charge in [-0.2, -0.15) is 0 Å². The molecule has 1 amide bonds. The number of nitrogens with two attached hydrogens (primary N) is 1. The molecule has 1 saturated heterocycles. The Kier molecular flexibility index (Phi) is 3.93. The van der Waals surface area contributed by atoms with Crippen molar-refractivity contribution >= 4 is 5.91 Å². The number of carbonyl (C=O) groups excluding carboxylic acids is 1. The molecule has 2 heterocycles. The highest BCUT2D eigenvalue weighted by molar-refractivity contribution is 5.83. The molecule has 1 aliphatic rings. The SMILES string of the molecule is CC1(C(=O)NCCc2ccncc2)COCC1N. The molecular weight excluding hydrogens is 230 g/mol. The van der Waals surface area contributed by atoms with Crippen molar-refractivity contribution in [3.05, 3.63) is 30.1 Å². The maximum atomic E-state index is 12.1. The zero-order chi connectivity index (χ0) is 13.0. The van der Waals surface area contributed by atoms with Gasteiger partial charge in [-0.1, -0.05) is 0 Å². The number of rotatable bonds is 4. The van der Waals surface area contributed by atoms with Crippen LogP contribution >= 0.6 is 0 Å². The molecule has 0 spiro atoms. The second-order valence-corrected chi connectivity index (χ2v) is 4.90. The minimum Gasteiger partial charge on any atom is -0.379 e. The molecule has 5 heteroatoms. The lowest BCUT2D eigenvalue weighted by atomic mass is 9.85. The number of nitrogens with one attached hydrogen (secondary N) is 1. The predicted molar refractivity (Wildman–Crippen MR) is 67.9 cm³/mol. The van der Waals surface area contributed by atoms with Gasteiger partial charge in [-0.25, -0.2) is 0 Å². The summed E-state index contributed by atoms with van der Waals surface area (Å²) < 4.78 is 5.26. The number of carbonyl (C=O) groups is 1. The summed E-state index contributed by atoms with van der Waals surface area (Å²) in [7, 11) is 0. The summed E-state index contributed by atoms with van der Waals surface area (Å²) in [6.07, 6.45) is 4.29. The number of nitrogens with zero attached hydrogens (tertiary/aromatic N) is 1. The van der Waals surface area contributed by atoms with Crippen LogP contribution in [-0.2, 0) is 16.0 Å². The normalized spacial score (nSPS) is 27.1. The van der Waals surface area contributed by atoms with Crippen molar-refractivity contribution in [1.29, 1.82) is 0 Å². The van der Waals surface area contributed by atoms with Gasteiger partial charge in [0.2, 0.25) is 5.91 Å². The van der Waals surface area contributed by atoms with Crippen molar-refractivity contribution in [2.45, 2.75) is 19.4 Å². The standard InChI is InChI=1S/C13H19N3O2/c1-13(9-18-8-11(13)14)12(17)16-7-4-10-2-5-15-6-3-10/h2-3,5-6,11H,4,7-9,14H2,1H3,(H,16,17). The van der Waals surface area contributed by atoms with Crippen molar-refractivity contribution in [1.82, 2.24) is 10.3 Å². The first-order valence-electron chi connectivity index (χ1n) is 6.13. The lowest BCUT2D eigenvalue weighted by Crippen LogP contribution is -2.50. The predicted octanol–water partition coefficient (Wildman–Crippen LogP) is 0.104. The number of hydrogen-bond acceptors (Lipinski definition) is 4. The topological polar surface area (TPSA) is 77.2 Å². The fourth-order valence-corrected chi connectivity index (χ4v) is 1.99. The van der Waals surface area contributed by atoms with Gasteiger partial charge >= 0.3 is 0 Å². The monoisotopic (exact) mass is 249 g/mol. The molecule has 0 radical (unpaired) electrons. The zero-order valence-electron chi connectivity index (χ0n) is 10.6. The van der Waals surface area contributed by atoms with E-state index in [1.54, 1.807) is 12.4 Å². The largest absolute Gasteiger partial charge is 0.379 e. The fraction of sp³-hybridized carbons (Fsp3) is 0.538. The summed E-state index contributed by atoms with van der Waals surface area (Å²) in [4.78, 5) is 16.0. The third-order valence-electron chi connectivity index (χ3n) is 3.48. The van der Waals surface area contributed by atoms with Gasteiger partial charge in [0.05, 0.1) is 18.6 Å². The number of ether oxygens (including phenoxy) is 1. The van der Waals surface area contributed by atoms with Gasteiger partial charge in [0.1, 0.15) is 0 Å². The van der Waals surface area contributed by atoms with E-state index in [2.05, 4.69) is 10.3 Å². The van der Waals surface area contributed by atoms with Crippen LogP contribution in [0, 0.1) is 5.41 Å². The van der Waals surface area contributed by atoms with Crippen molar-refractivity contribution in [2.75, 3.05) is 19.8 Å². The van der Waals surface area contributed by atoms with Gasteiger partial charge in [0.15, 0.2) is 0 Å². The Bertz CT molecular complexity index is 410. The second kappa shape index (κ2) is 5.46. The molecule has 1 aromatic rings. The average Bonchev–Trinajstić information content (AvgIpc) is 2.72. The highest BCUT2D eigenvalue weighted by Crippen LogP contribution is 2.26. The molecule has 1 aliphatic heterocycles. The molecule has 18 heavy (non-hydrogen) atoms. The number of amides is 1. The van der Waals surface area contributed by atoms with E-state index < -0.39 is 5.41 Å². The van der Waals surface area contributed by atoms with Crippen LogP contribution in [0.3, 0.4) is 0 Å². The van der Waals surface area contributed by atoms with E-state index in [9.17, 15) is 4.79 Å². The maximum Gasteiger partial charge on any atom is 0.229 e. The smallest absolute Gasteiger partial charge is 0.229 e. The first-order chi connectivity index (χ1) is 8.63. The van der Waals surface area contributed by atoms with Crippen LogP contribution in [0.4, 0.5) is 0 Å². The van der Waals surface area contributed by atoms with Crippen LogP contribution in [-0.4, -0.2) is 36.7 Å². The summed E-state index contributed by atoms with van der Waals surface area (Å²) in [5.41, 5.74) is 6.46. The van der Waals surface area contributed by atoms with E-state index >= 15 is 0 Å². The first-order valence-corrected chi connectivity index (χ1v) is 6.13. The number of hydrogen-bond donors (Lipinski definition) is 2. The average molecular weight is 249 g/mol. The summed E-state index contributed by atoms with van der Waals surface area (Å²) in [6.45, 7) is 3.31. The molecule has 0 saturated carbocycles. The first kappa shape index (κ1) is 13.0. The van der Waals surface area contributed by atoms with Crippen molar-refractivity contribution < 1.29 is 9.53 Å². The summed E-state index contributed by atoms with van der Waals surface area (Å²) in [5, 5.41) is 2.92. The Morgan fingerprint density at radius 2 is 2.33 bits per heavy atom. The number of pyridine rings is 1. The minimum absolute atomic E-state index is 0.0263. The van der Waals surface area contributed by atoms with Crippen molar-refractivity contribution in [3.8, 4) is 0 Å². The third-order valence-corrected chi connectivity index (χ3v) is 3.48. The van der Waals surface area contributed by atoms with E-state index in [1.165, 1.54) is 0 Å². The molecule has 98 valence electrons. The van der Waals surface area contributed by atoms with Gasteiger partial charge < -0.3 is 15.8 Å². The highest BCUT2D eigenvalue weighted by Gasteiger charge is 2.44. The Morgan fingerprint density at radius 1 is 1.61 bits per heavy atom. The molecule has 2 atom stereocenters. The van der Waals surface area contributed by atoms with E-state index in [4.69, 9.17) is 10.5 Å². The maximum absolute atomic E-state index is 12.1. The van der Waals surface area contributed by atoms with Crippen molar-refractivity contribution in [3.63, 3.8) is 0 Å². The summed E-state index contributed by atoms with van der Waals surface area (Å²) >= 11 is 0. The Morgan fingerprint density at radius 3 is 2.94 bits per heavy atom. The van der Waals surface area contributed by atoms with Gasteiger partial charge in [-0.05, 0) is 31.0 Å². The fourth-order valence-electron chi connectivity index (χ4n) is 1.99. The molecule has 1 aromatic heterocycles. The molecule has 1 fully saturated rings. The molecule has 3 N–H and O–H groups in total. The van der Waals surface area contributed by atoms with E-state index in [1.807, 2.05) is 19.1 Å². The molecule has 0 aromatic carbocycles. The quantitative estimate of drug-likeness (QED) is 0.793. The summed E-state index contributed by atoms with van der Waals surface area (Å²) in [6, 6.07) is 3.66. The van der Waals surface area contributed by atoms with Crippen LogP contribution in [0.2, 0.25) is 0 Å². The van der Waals surface area contributed by atoms with Crippen LogP contribution in [0.1, 0.15) is 12.5 Å². The Labute approximate surface area is 107 Å². The molecule has 5 nitrogen and oxygen atoms in total. The van der Waals surface area contributed by atoms with Crippen LogP contribution in [0.25, 0.3) is 0 Å². The van der Waals surface area contributed by atoms with Crippen LogP contribution < -0.4 is 11.1 Å². The summed E-state index contributed by atoms with van der Waals surface area (Å²) in [5.74, 6) is -0.0263. The molecule has 2 unspecified atom stereocenters. The minimum atomic E-state index is -0.599. The molecule has 0 aliphatic carbocycles. The van der Waals surface area contributed by atoms with E-state index in [0.717, 1.165) is 12.0 Å². The lowest BCUT2D eigenvalue weighted by Gasteiger charge is -2.25. The second-order valence-electron chi connectivity index (χ2n) is 4.90. The Hall–Kier alpha value is -1.46.